The van der Waals surface area contributed by atoms with Crippen LogP contribution in [0.5, 0.6) is 0 Å². The lowest BCUT2D eigenvalue weighted by molar-refractivity contribution is -0.0611. The second kappa shape index (κ2) is 2.21. The lowest BCUT2D eigenvalue weighted by Gasteiger charge is -2.49. The van der Waals surface area contributed by atoms with Gasteiger partial charge in [-0.05, 0) is 24.7 Å². The highest BCUT2D eigenvalue weighted by molar-refractivity contribution is 5.00. The second-order valence-corrected chi connectivity index (χ2v) is 4.02. The standard InChI is InChI=1S/C9H17F/c1-4-8(3)6-9(10,5-2)7-8/h4-7H2,1-3H3. The van der Waals surface area contributed by atoms with Gasteiger partial charge in [-0.2, -0.15) is 0 Å². The molecule has 0 aromatic rings. The molecule has 0 N–H and O–H groups in total. The molecule has 0 amide bonds. The van der Waals surface area contributed by atoms with E-state index in [2.05, 4.69) is 13.8 Å². The zero-order chi connectivity index (χ0) is 7.83. The summed E-state index contributed by atoms with van der Waals surface area (Å²) >= 11 is 0. The van der Waals surface area contributed by atoms with Gasteiger partial charge in [-0.15, -0.1) is 0 Å². The van der Waals surface area contributed by atoms with E-state index in [1.807, 2.05) is 6.92 Å². The molecule has 10 heavy (non-hydrogen) atoms. The molecule has 1 heteroatoms. The van der Waals surface area contributed by atoms with Crippen LogP contribution in [0.2, 0.25) is 0 Å². The van der Waals surface area contributed by atoms with Gasteiger partial charge in [0.05, 0.1) is 0 Å². The van der Waals surface area contributed by atoms with Crippen LogP contribution in [0.3, 0.4) is 0 Å². The molecule has 0 aromatic heterocycles. The van der Waals surface area contributed by atoms with Gasteiger partial charge in [0, 0.05) is 0 Å². The van der Waals surface area contributed by atoms with E-state index >= 15 is 0 Å². The molecule has 0 aliphatic heterocycles. The number of hydrogen-bond donors (Lipinski definition) is 0. The largest absolute Gasteiger partial charge is 0.244 e. The van der Waals surface area contributed by atoms with Crippen LogP contribution in [-0.2, 0) is 0 Å². The van der Waals surface area contributed by atoms with Crippen molar-refractivity contribution in [1.82, 2.24) is 0 Å². The maximum atomic E-state index is 13.3. The summed E-state index contributed by atoms with van der Waals surface area (Å²) in [5.41, 5.74) is -0.477. The highest BCUT2D eigenvalue weighted by Crippen LogP contribution is 2.54. The van der Waals surface area contributed by atoms with Crippen molar-refractivity contribution in [1.29, 1.82) is 0 Å². The highest BCUT2D eigenvalue weighted by Gasteiger charge is 2.49. The fraction of sp³-hybridized carbons (Fsp3) is 1.00. The predicted octanol–water partition coefficient (Wildman–Crippen LogP) is 3.31. The Morgan fingerprint density at radius 3 is 2.00 bits per heavy atom. The highest BCUT2D eigenvalue weighted by atomic mass is 19.1. The van der Waals surface area contributed by atoms with Crippen LogP contribution in [0.4, 0.5) is 4.39 Å². The Labute approximate surface area is 62.8 Å². The fourth-order valence-corrected chi connectivity index (χ4v) is 1.98. The maximum absolute atomic E-state index is 13.3. The molecule has 0 nitrogen and oxygen atoms in total. The van der Waals surface area contributed by atoms with Crippen LogP contribution in [0.25, 0.3) is 0 Å². The third-order valence-corrected chi connectivity index (χ3v) is 2.97. The first-order valence-electron chi connectivity index (χ1n) is 4.22. The molecule has 0 unspecified atom stereocenters. The molecule has 0 radical (unpaired) electrons. The summed E-state index contributed by atoms with van der Waals surface area (Å²) < 4.78 is 13.3. The molecule has 0 bridgehead atoms. The van der Waals surface area contributed by atoms with E-state index in [1.54, 1.807) is 0 Å². The SMILES string of the molecule is CCC1(C)CC(F)(CC)C1. The Morgan fingerprint density at radius 2 is 1.70 bits per heavy atom. The van der Waals surface area contributed by atoms with Gasteiger partial charge in [-0.25, -0.2) is 4.39 Å². The quantitative estimate of drug-likeness (QED) is 0.557. The minimum atomic E-state index is -0.801. The van der Waals surface area contributed by atoms with Crippen molar-refractivity contribution in [2.24, 2.45) is 5.41 Å². The Kier molecular flexibility index (Phi) is 1.78. The third-order valence-electron chi connectivity index (χ3n) is 2.97. The minimum Gasteiger partial charge on any atom is -0.244 e. The van der Waals surface area contributed by atoms with Crippen LogP contribution >= 0.6 is 0 Å². The average Bonchev–Trinajstić information content (AvgIpc) is 1.85. The Morgan fingerprint density at radius 1 is 1.20 bits per heavy atom. The normalized spacial score (nSPS) is 46.8. The van der Waals surface area contributed by atoms with Crippen molar-refractivity contribution >= 4 is 0 Å². The van der Waals surface area contributed by atoms with Crippen molar-refractivity contribution in [3.8, 4) is 0 Å². The van der Waals surface area contributed by atoms with Gasteiger partial charge >= 0.3 is 0 Å². The van der Waals surface area contributed by atoms with Gasteiger partial charge in [-0.1, -0.05) is 27.2 Å². The zero-order valence-corrected chi connectivity index (χ0v) is 7.21. The summed E-state index contributed by atoms with van der Waals surface area (Å²) in [5, 5.41) is 0. The molecular formula is C9H17F. The third kappa shape index (κ3) is 1.18. The molecule has 0 saturated heterocycles. The summed E-state index contributed by atoms with van der Waals surface area (Å²) in [4.78, 5) is 0. The summed E-state index contributed by atoms with van der Waals surface area (Å²) in [6.07, 6.45) is 3.39. The molecule has 0 spiro atoms. The van der Waals surface area contributed by atoms with Crippen molar-refractivity contribution < 1.29 is 4.39 Å². The number of alkyl halides is 1. The summed E-state index contributed by atoms with van der Waals surface area (Å²) in [5.74, 6) is 0. The molecular weight excluding hydrogens is 127 g/mol. The van der Waals surface area contributed by atoms with E-state index in [9.17, 15) is 4.39 Å². The lowest BCUT2D eigenvalue weighted by atomic mass is 9.59. The molecule has 1 fully saturated rings. The monoisotopic (exact) mass is 144 g/mol. The topological polar surface area (TPSA) is 0 Å². The summed E-state index contributed by atoms with van der Waals surface area (Å²) in [6.45, 7) is 6.27. The number of halogens is 1. The van der Waals surface area contributed by atoms with E-state index in [-0.39, 0.29) is 0 Å². The van der Waals surface area contributed by atoms with E-state index in [0.29, 0.717) is 11.8 Å². The van der Waals surface area contributed by atoms with Crippen LogP contribution in [0, 0.1) is 5.41 Å². The number of hydrogen-bond acceptors (Lipinski definition) is 0. The molecule has 1 rings (SSSR count). The van der Waals surface area contributed by atoms with E-state index in [1.165, 1.54) is 0 Å². The average molecular weight is 144 g/mol. The molecule has 60 valence electrons. The summed E-state index contributed by atoms with van der Waals surface area (Å²) in [7, 11) is 0. The molecule has 1 aliphatic carbocycles. The van der Waals surface area contributed by atoms with Gasteiger partial charge in [0.2, 0.25) is 0 Å². The second-order valence-electron chi connectivity index (χ2n) is 4.02. The molecule has 0 atom stereocenters. The first-order chi connectivity index (χ1) is 4.54. The fourth-order valence-electron chi connectivity index (χ4n) is 1.98. The summed E-state index contributed by atoms with van der Waals surface area (Å²) in [6, 6.07) is 0. The Bertz CT molecular complexity index is 109. The Balaban J connectivity index is 2.42. The molecule has 1 saturated carbocycles. The first kappa shape index (κ1) is 8.03. The van der Waals surface area contributed by atoms with Gasteiger partial charge < -0.3 is 0 Å². The smallest absolute Gasteiger partial charge is 0.111 e. The van der Waals surface area contributed by atoms with Crippen molar-refractivity contribution in [3.05, 3.63) is 0 Å². The lowest BCUT2D eigenvalue weighted by Crippen LogP contribution is -2.46. The zero-order valence-electron chi connectivity index (χ0n) is 7.21. The van der Waals surface area contributed by atoms with Gasteiger partial charge in [-0.3, -0.25) is 0 Å². The van der Waals surface area contributed by atoms with E-state index in [4.69, 9.17) is 0 Å². The maximum Gasteiger partial charge on any atom is 0.111 e. The van der Waals surface area contributed by atoms with E-state index < -0.39 is 5.67 Å². The first-order valence-corrected chi connectivity index (χ1v) is 4.22. The van der Waals surface area contributed by atoms with Gasteiger partial charge in [0.15, 0.2) is 0 Å². The van der Waals surface area contributed by atoms with Crippen molar-refractivity contribution in [3.63, 3.8) is 0 Å². The predicted molar refractivity (Wildman–Crippen MR) is 41.8 cm³/mol. The van der Waals surface area contributed by atoms with Gasteiger partial charge in [0.25, 0.3) is 0 Å². The van der Waals surface area contributed by atoms with Crippen molar-refractivity contribution in [2.45, 2.75) is 52.1 Å². The van der Waals surface area contributed by atoms with Crippen LogP contribution in [0.1, 0.15) is 46.5 Å². The number of rotatable bonds is 2. The van der Waals surface area contributed by atoms with Crippen molar-refractivity contribution in [2.75, 3.05) is 0 Å². The molecule has 1 aliphatic rings. The van der Waals surface area contributed by atoms with Crippen LogP contribution in [-0.4, -0.2) is 5.67 Å². The van der Waals surface area contributed by atoms with Gasteiger partial charge in [0.1, 0.15) is 5.67 Å². The van der Waals surface area contributed by atoms with Crippen LogP contribution in [0.15, 0.2) is 0 Å². The van der Waals surface area contributed by atoms with Crippen LogP contribution < -0.4 is 0 Å². The molecule has 0 heterocycles. The minimum absolute atomic E-state index is 0.324. The molecule has 0 aromatic carbocycles. The Hall–Kier alpha value is -0.0700. The van der Waals surface area contributed by atoms with E-state index in [0.717, 1.165) is 19.3 Å².